The van der Waals surface area contributed by atoms with Crippen LogP contribution >= 0.6 is 0 Å². The Bertz CT molecular complexity index is 808. The van der Waals surface area contributed by atoms with Gasteiger partial charge in [0.15, 0.2) is 6.10 Å². The second-order valence-electron chi connectivity index (χ2n) is 12.6. The topological polar surface area (TPSA) is 79.6 Å². The first-order chi connectivity index (χ1) is 18.5. The fourth-order valence-corrected chi connectivity index (χ4v) is 5.24. The zero-order chi connectivity index (χ0) is 29.1. The lowest BCUT2D eigenvalue weighted by atomic mass is 10.0. The van der Waals surface area contributed by atoms with Crippen molar-refractivity contribution in [3.8, 4) is 0 Å². The summed E-state index contributed by atoms with van der Waals surface area (Å²) in [5.41, 5.74) is 2.75. The number of esters is 1. The van der Waals surface area contributed by atoms with Crippen molar-refractivity contribution >= 4 is 11.9 Å². The van der Waals surface area contributed by atoms with E-state index < -0.39 is 12.1 Å². The standard InChI is InChI=1S/C33H59NO5/c1-7-8-19-22-30-27(2)28(3)31(39-30)23-20-17-15-13-11-9-10-12-14-16-18-21-24-33(37)38-29(25-32(35)36)26-34(4,5)6/h29H,7-26H2,1-6H3. The molecular weight excluding hydrogens is 490 g/mol. The van der Waals surface area contributed by atoms with Gasteiger partial charge in [-0.2, -0.15) is 0 Å². The maximum atomic E-state index is 12.1. The van der Waals surface area contributed by atoms with E-state index in [-0.39, 0.29) is 12.4 Å². The number of carbonyl (C=O) groups excluding carboxylic acids is 2. The molecule has 1 heterocycles. The Balaban J connectivity index is 2.00. The van der Waals surface area contributed by atoms with Gasteiger partial charge in [-0.05, 0) is 44.2 Å². The van der Waals surface area contributed by atoms with Crippen LogP contribution in [0.3, 0.4) is 0 Å². The highest BCUT2D eigenvalue weighted by molar-refractivity contribution is 5.70. The van der Waals surface area contributed by atoms with E-state index in [1.54, 1.807) is 0 Å². The fourth-order valence-electron chi connectivity index (χ4n) is 5.24. The number of rotatable bonds is 24. The molecular formula is C33H59NO5. The predicted molar refractivity (Wildman–Crippen MR) is 158 cm³/mol. The number of carboxylic acid groups (broad SMARTS) is 1. The highest BCUT2D eigenvalue weighted by Crippen LogP contribution is 2.25. The molecule has 6 heteroatoms. The Kier molecular flexibility index (Phi) is 18.2. The van der Waals surface area contributed by atoms with Gasteiger partial charge in [-0.3, -0.25) is 4.79 Å². The largest absolute Gasteiger partial charge is 0.550 e. The van der Waals surface area contributed by atoms with Gasteiger partial charge in [0.05, 0.1) is 21.1 Å². The average Bonchev–Trinajstić information content (AvgIpc) is 3.10. The summed E-state index contributed by atoms with van der Waals surface area (Å²) in [5, 5.41) is 11.0. The van der Waals surface area contributed by atoms with E-state index in [1.807, 2.05) is 21.1 Å². The van der Waals surface area contributed by atoms with Crippen molar-refractivity contribution in [3.63, 3.8) is 0 Å². The molecule has 0 spiro atoms. The summed E-state index contributed by atoms with van der Waals surface area (Å²) in [6.07, 6.45) is 19.9. The molecule has 39 heavy (non-hydrogen) atoms. The minimum absolute atomic E-state index is 0.244. The number of furan rings is 1. The smallest absolute Gasteiger partial charge is 0.306 e. The molecule has 0 saturated heterocycles. The van der Waals surface area contributed by atoms with E-state index in [2.05, 4.69) is 20.8 Å². The van der Waals surface area contributed by atoms with Crippen molar-refractivity contribution < 1.29 is 28.3 Å². The van der Waals surface area contributed by atoms with Gasteiger partial charge in [0, 0.05) is 31.7 Å². The van der Waals surface area contributed by atoms with Crippen LogP contribution in [0.1, 0.15) is 139 Å². The normalized spacial score (nSPS) is 12.6. The van der Waals surface area contributed by atoms with Gasteiger partial charge in [0.1, 0.15) is 18.1 Å². The van der Waals surface area contributed by atoms with Gasteiger partial charge >= 0.3 is 5.97 Å². The number of aryl methyl sites for hydroxylation is 2. The first-order valence-electron chi connectivity index (χ1n) is 15.8. The minimum Gasteiger partial charge on any atom is -0.550 e. The van der Waals surface area contributed by atoms with Gasteiger partial charge in [0.25, 0.3) is 0 Å². The molecule has 0 aliphatic rings. The van der Waals surface area contributed by atoms with Gasteiger partial charge in [0.2, 0.25) is 0 Å². The molecule has 1 aromatic heterocycles. The summed E-state index contributed by atoms with van der Waals surface area (Å²) in [4.78, 5) is 23.1. The third kappa shape index (κ3) is 17.5. The zero-order valence-corrected chi connectivity index (χ0v) is 26.2. The maximum absolute atomic E-state index is 12.1. The first kappa shape index (κ1) is 35.2. The van der Waals surface area contributed by atoms with E-state index in [1.165, 1.54) is 99.7 Å². The van der Waals surface area contributed by atoms with E-state index in [0.717, 1.165) is 32.1 Å². The Morgan fingerprint density at radius 1 is 0.744 bits per heavy atom. The summed E-state index contributed by atoms with van der Waals surface area (Å²) >= 11 is 0. The summed E-state index contributed by atoms with van der Waals surface area (Å²) < 4.78 is 12.2. The van der Waals surface area contributed by atoms with Crippen LogP contribution in [0, 0.1) is 13.8 Å². The molecule has 1 unspecified atom stereocenters. The molecule has 0 radical (unpaired) electrons. The number of hydrogen-bond acceptors (Lipinski definition) is 5. The Labute approximate surface area is 239 Å². The Morgan fingerprint density at radius 2 is 1.18 bits per heavy atom. The van der Waals surface area contributed by atoms with Crippen LogP contribution in [0.5, 0.6) is 0 Å². The van der Waals surface area contributed by atoms with Crippen LogP contribution in [0.25, 0.3) is 0 Å². The molecule has 0 fully saturated rings. The molecule has 0 aromatic carbocycles. The molecule has 0 aliphatic heterocycles. The predicted octanol–water partition coefficient (Wildman–Crippen LogP) is 7.00. The number of carboxylic acids is 1. The third-order valence-corrected chi connectivity index (χ3v) is 7.63. The molecule has 6 nitrogen and oxygen atoms in total. The molecule has 1 aromatic rings. The van der Waals surface area contributed by atoms with Crippen molar-refractivity contribution in [1.82, 2.24) is 0 Å². The summed E-state index contributed by atoms with van der Waals surface area (Å²) in [6, 6.07) is 0. The quantitative estimate of drug-likeness (QED) is 0.0788. The number of hydrogen-bond donors (Lipinski definition) is 0. The van der Waals surface area contributed by atoms with Crippen LogP contribution in [0.4, 0.5) is 0 Å². The van der Waals surface area contributed by atoms with Gasteiger partial charge in [-0.1, -0.05) is 84.0 Å². The lowest BCUT2D eigenvalue weighted by molar-refractivity contribution is -0.873. The molecule has 1 rings (SSSR count). The molecule has 0 amide bonds. The lowest BCUT2D eigenvalue weighted by Gasteiger charge is -2.29. The monoisotopic (exact) mass is 549 g/mol. The number of unbranched alkanes of at least 4 members (excludes halogenated alkanes) is 13. The van der Waals surface area contributed by atoms with Crippen LogP contribution in [-0.2, 0) is 27.2 Å². The van der Waals surface area contributed by atoms with Gasteiger partial charge in [-0.25, -0.2) is 0 Å². The van der Waals surface area contributed by atoms with E-state index in [4.69, 9.17) is 9.15 Å². The van der Waals surface area contributed by atoms with Crippen molar-refractivity contribution in [3.05, 3.63) is 22.6 Å². The van der Waals surface area contributed by atoms with Crippen molar-refractivity contribution in [2.45, 2.75) is 149 Å². The van der Waals surface area contributed by atoms with E-state index in [0.29, 0.717) is 17.4 Å². The number of carbonyl (C=O) groups is 2. The van der Waals surface area contributed by atoms with Crippen molar-refractivity contribution in [2.75, 3.05) is 27.7 Å². The Hall–Kier alpha value is -1.82. The average molecular weight is 550 g/mol. The van der Waals surface area contributed by atoms with Crippen molar-refractivity contribution in [1.29, 1.82) is 0 Å². The molecule has 0 aliphatic carbocycles. The van der Waals surface area contributed by atoms with Crippen LogP contribution < -0.4 is 5.11 Å². The van der Waals surface area contributed by atoms with Crippen LogP contribution in [0.2, 0.25) is 0 Å². The second-order valence-corrected chi connectivity index (χ2v) is 12.6. The minimum atomic E-state index is -1.18. The number of nitrogens with zero attached hydrogens (tertiary/aromatic N) is 1. The summed E-state index contributed by atoms with van der Waals surface area (Å²) in [7, 11) is 5.85. The summed E-state index contributed by atoms with van der Waals surface area (Å²) in [6.45, 7) is 7.14. The molecule has 0 saturated carbocycles. The van der Waals surface area contributed by atoms with E-state index >= 15 is 0 Å². The van der Waals surface area contributed by atoms with Crippen molar-refractivity contribution in [2.24, 2.45) is 0 Å². The second kappa shape index (κ2) is 20.1. The van der Waals surface area contributed by atoms with E-state index in [9.17, 15) is 14.7 Å². The summed E-state index contributed by atoms with van der Waals surface area (Å²) in [5.74, 6) is 0.962. The first-order valence-corrected chi connectivity index (χ1v) is 15.8. The van der Waals surface area contributed by atoms with Crippen LogP contribution in [0.15, 0.2) is 4.42 Å². The number of aliphatic carboxylic acids is 1. The number of quaternary nitrogens is 1. The molecule has 226 valence electrons. The zero-order valence-electron chi connectivity index (χ0n) is 26.2. The highest BCUT2D eigenvalue weighted by atomic mass is 16.5. The fraction of sp³-hybridized carbons (Fsp3) is 0.818. The maximum Gasteiger partial charge on any atom is 0.306 e. The van der Waals surface area contributed by atoms with Crippen LogP contribution in [-0.4, -0.2) is 50.2 Å². The third-order valence-electron chi connectivity index (χ3n) is 7.63. The molecule has 0 N–H and O–H groups in total. The van der Waals surface area contributed by atoms with Gasteiger partial charge in [-0.15, -0.1) is 0 Å². The SMILES string of the molecule is CCCCCc1oc(CCCCCCCCCCCCCCC(=O)OC(CC(=O)[O-])C[N+](C)(C)C)c(C)c1C. The number of likely N-dealkylation sites (N-methyl/N-ethyl adjacent to an activating group) is 1. The lowest BCUT2D eigenvalue weighted by Crippen LogP contribution is -2.45. The number of ether oxygens (including phenoxy) is 1. The highest BCUT2D eigenvalue weighted by Gasteiger charge is 2.22. The van der Waals surface area contributed by atoms with Gasteiger partial charge < -0.3 is 23.5 Å². The Morgan fingerprint density at radius 3 is 1.62 bits per heavy atom. The molecule has 1 atom stereocenters. The molecule has 0 bridgehead atoms.